The van der Waals surface area contributed by atoms with Crippen molar-refractivity contribution in [3.8, 4) is 11.5 Å². The van der Waals surface area contributed by atoms with Gasteiger partial charge in [0.05, 0.1) is 26.2 Å². The minimum absolute atomic E-state index is 0.424. The molecule has 2 N–H and O–H groups in total. The summed E-state index contributed by atoms with van der Waals surface area (Å²) in [6.45, 7) is 1.98. The number of ether oxygens (including phenoxy) is 2. The van der Waals surface area contributed by atoms with Gasteiger partial charge < -0.3 is 19.7 Å². The predicted octanol–water partition coefficient (Wildman–Crippen LogP) is 3.39. The van der Waals surface area contributed by atoms with Gasteiger partial charge in [-0.1, -0.05) is 35.7 Å². The molecule has 0 aliphatic rings. The molecule has 118 valence electrons. The number of rotatable bonds is 8. The normalized spacial score (nSPS) is 13.6. The molecular formula is C15H21BrO5. The summed E-state index contributed by atoms with van der Waals surface area (Å²) in [7, 11) is 3.01. The predicted molar refractivity (Wildman–Crippen MR) is 82.9 cm³/mol. The quantitative estimate of drug-likeness (QED) is 0.742. The second-order valence-corrected chi connectivity index (χ2v) is 5.61. The van der Waals surface area contributed by atoms with Crippen LogP contribution in [0.3, 0.4) is 0 Å². The zero-order valence-corrected chi connectivity index (χ0v) is 14.0. The molecule has 0 saturated heterocycles. The van der Waals surface area contributed by atoms with Crippen molar-refractivity contribution in [3.05, 3.63) is 22.2 Å². The molecular weight excluding hydrogens is 340 g/mol. The van der Waals surface area contributed by atoms with Crippen molar-refractivity contribution in [2.24, 2.45) is 5.92 Å². The fourth-order valence-electron chi connectivity index (χ4n) is 2.15. The third kappa shape index (κ3) is 4.35. The van der Waals surface area contributed by atoms with Crippen LogP contribution in [0.2, 0.25) is 0 Å². The van der Waals surface area contributed by atoms with Gasteiger partial charge in [0, 0.05) is 4.47 Å². The lowest BCUT2D eigenvalue weighted by atomic mass is 9.91. The van der Waals surface area contributed by atoms with E-state index in [0.717, 1.165) is 12.8 Å². The molecule has 2 atom stereocenters. The molecule has 1 aromatic rings. The Hall–Kier alpha value is -1.27. The molecule has 1 aromatic carbocycles. The van der Waals surface area contributed by atoms with Gasteiger partial charge in [0.15, 0.2) is 11.5 Å². The SMILES string of the molecule is CCCCC(C(=O)O)C(O)c1cc(OC)c(OC)cc1Br. The largest absolute Gasteiger partial charge is 0.493 e. The van der Waals surface area contributed by atoms with Crippen LogP contribution in [0, 0.1) is 5.92 Å². The number of carboxylic acids is 1. The highest BCUT2D eigenvalue weighted by atomic mass is 79.9. The maximum Gasteiger partial charge on any atom is 0.309 e. The zero-order valence-electron chi connectivity index (χ0n) is 12.4. The number of aliphatic hydroxyl groups is 1. The number of unbranched alkanes of at least 4 members (excludes halogenated alkanes) is 1. The first-order chi connectivity index (χ1) is 9.96. The molecule has 5 nitrogen and oxygen atoms in total. The van der Waals surface area contributed by atoms with Crippen molar-refractivity contribution < 1.29 is 24.5 Å². The van der Waals surface area contributed by atoms with E-state index >= 15 is 0 Å². The first-order valence-electron chi connectivity index (χ1n) is 6.78. The molecule has 1 rings (SSSR count). The summed E-state index contributed by atoms with van der Waals surface area (Å²) in [6, 6.07) is 3.27. The van der Waals surface area contributed by atoms with Gasteiger partial charge in [-0.25, -0.2) is 0 Å². The van der Waals surface area contributed by atoms with Gasteiger partial charge >= 0.3 is 5.97 Å². The maximum atomic E-state index is 11.4. The molecule has 0 fully saturated rings. The Morgan fingerprint density at radius 2 is 1.86 bits per heavy atom. The number of hydrogen-bond acceptors (Lipinski definition) is 4. The summed E-state index contributed by atoms with van der Waals surface area (Å²) < 4.78 is 11.0. The lowest BCUT2D eigenvalue weighted by Gasteiger charge is -2.21. The average Bonchev–Trinajstić information content (AvgIpc) is 2.46. The molecule has 0 saturated carbocycles. The van der Waals surface area contributed by atoms with E-state index in [-0.39, 0.29) is 0 Å². The van der Waals surface area contributed by atoms with Crippen molar-refractivity contribution in [1.29, 1.82) is 0 Å². The fraction of sp³-hybridized carbons (Fsp3) is 0.533. The Morgan fingerprint density at radius 1 is 1.29 bits per heavy atom. The Labute approximate surface area is 133 Å². The number of methoxy groups -OCH3 is 2. The molecule has 0 aromatic heterocycles. The van der Waals surface area contributed by atoms with Gasteiger partial charge in [-0.05, 0) is 24.1 Å². The van der Waals surface area contributed by atoms with Crippen molar-refractivity contribution in [2.45, 2.75) is 32.3 Å². The summed E-state index contributed by atoms with van der Waals surface area (Å²) in [4.78, 5) is 11.4. The summed E-state index contributed by atoms with van der Waals surface area (Å²) >= 11 is 3.35. The van der Waals surface area contributed by atoms with Crippen molar-refractivity contribution in [3.63, 3.8) is 0 Å². The first kappa shape index (κ1) is 17.8. The third-order valence-corrected chi connectivity index (χ3v) is 4.08. The number of aliphatic hydroxyl groups excluding tert-OH is 1. The van der Waals surface area contributed by atoms with Crippen molar-refractivity contribution in [2.75, 3.05) is 14.2 Å². The van der Waals surface area contributed by atoms with E-state index in [2.05, 4.69) is 15.9 Å². The van der Waals surface area contributed by atoms with E-state index in [4.69, 9.17) is 9.47 Å². The molecule has 0 heterocycles. The molecule has 0 amide bonds. The standard InChI is InChI=1S/C15H21BrO5/c1-4-5-6-9(15(18)19)14(17)10-7-12(20-2)13(21-3)8-11(10)16/h7-9,14,17H,4-6H2,1-3H3,(H,18,19). The number of hydrogen-bond donors (Lipinski definition) is 2. The highest BCUT2D eigenvalue weighted by Gasteiger charge is 2.29. The zero-order chi connectivity index (χ0) is 16.0. The van der Waals surface area contributed by atoms with E-state index in [1.165, 1.54) is 14.2 Å². The third-order valence-electron chi connectivity index (χ3n) is 3.39. The van der Waals surface area contributed by atoms with Gasteiger partial charge in [0.1, 0.15) is 0 Å². The Morgan fingerprint density at radius 3 is 2.33 bits per heavy atom. The molecule has 0 aliphatic carbocycles. The van der Waals surface area contributed by atoms with E-state index < -0.39 is 18.0 Å². The highest BCUT2D eigenvalue weighted by Crippen LogP contribution is 2.39. The van der Waals surface area contributed by atoms with Crippen LogP contribution in [-0.4, -0.2) is 30.4 Å². The first-order valence-corrected chi connectivity index (χ1v) is 7.57. The van der Waals surface area contributed by atoms with Gasteiger partial charge in [-0.15, -0.1) is 0 Å². The van der Waals surface area contributed by atoms with Gasteiger partial charge in [-0.2, -0.15) is 0 Å². The van der Waals surface area contributed by atoms with Crippen LogP contribution in [-0.2, 0) is 4.79 Å². The lowest BCUT2D eigenvalue weighted by Crippen LogP contribution is -2.22. The second kappa shape index (κ2) is 8.24. The van der Waals surface area contributed by atoms with Crippen molar-refractivity contribution >= 4 is 21.9 Å². The number of carboxylic acid groups (broad SMARTS) is 1. The van der Waals surface area contributed by atoms with Crippen LogP contribution >= 0.6 is 15.9 Å². The summed E-state index contributed by atoms with van der Waals surface area (Å²) in [5, 5.41) is 19.8. The molecule has 0 spiro atoms. The van der Waals surface area contributed by atoms with Gasteiger partial charge in [0.2, 0.25) is 0 Å². The average molecular weight is 361 g/mol. The van der Waals surface area contributed by atoms with Gasteiger partial charge in [-0.3, -0.25) is 4.79 Å². The second-order valence-electron chi connectivity index (χ2n) is 4.76. The summed E-state index contributed by atoms with van der Waals surface area (Å²) in [5.74, 6) is -0.882. The number of benzene rings is 1. The molecule has 0 bridgehead atoms. The fourth-order valence-corrected chi connectivity index (χ4v) is 2.71. The topological polar surface area (TPSA) is 76.0 Å². The van der Waals surface area contributed by atoms with Crippen LogP contribution < -0.4 is 9.47 Å². The highest BCUT2D eigenvalue weighted by molar-refractivity contribution is 9.10. The van der Waals surface area contributed by atoms with Crippen LogP contribution in [0.15, 0.2) is 16.6 Å². The Bertz CT molecular complexity index is 489. The number of aliphatic carboxylic acids is 1. The molecule has 6 heteroatoms. The maximum absolute atomic E-state index is 11.4. The number of carbonyl (C=O) groups is 1. The van der Waals surface area contributed by atoms with Crippen LogP contribution in [0.4, 0.5) is 0 Å². The minimum atomic E-state index is -1.11. The van der Waals surface area contributed by atoms with Crippen LogP contribution in [0.25, 0.3) is 0 Å². The smallest absolute Gasteiger partial charge is 0.309 e. The molecule has 0 aliphatic heterocycles. The van der Waals surface area contributed by atoms with Crippen molar-refractivity contribution in [1.82, 2.24) is 0 Å². The number of halogens is 1. The van der Waals surface area contributed by atoms with Crippen LogP contribution in [0.5, 0.6) is 11.5 Å². The minimum Gasteiger partial charge on any atom is -0.493 e. The van der Waals surface area contributed by atoms with Crippen LogP contribution in [0.1, 0.15) is 37.9 Å². The Kier molecular flexibility index (Phi) is 6.98. The van der Waals surface area contributed by atoms with E-state index in [1.807, 2.05) is 6.92 Å². The molecule has 21 heavy (non-hydrogen) atoms. The Balaban J connectivity index is 3.14. The summed E-state index contributed by atoms with van der Waals surface area (Å²) in [6.07, 6.45) is 0.944. The van der Waals surface area contributed by atoms with Gasteiger partial charge in [0.25, 0.3) is 0 Å². The summed E-state index contributed by atoms with van der Waals surface area (Å²) in [5.41, 5.74) is 0.483. The van der Waals surface area contributed by atoms with E-state index in [1.54, 1.807) is 12.1 Å². The van der Waals surface area contributed by atoms with E-state index in [0.29, 0.717) is 28.0 Å². The molecule has 0 radical (unpaired) electrons. The van der Waals surface area contributed by atoms with E-state index in [9.17, 15) is 15.0 Å². The lowest BCUT2D eigenvalue weighted by molar-refractivity contribution is -0.146. The monoisotopic (exact) mass is 360 g/mol. The molecule has 2 unspecified atom stereocenters.